The van der Waals surface area contributed by atoms with Crippen LogP contribution in [-0.2, 0) is 13.1 Å². The molecule has 0 radical (unpaired) electrons. The second-order valence-electron chi connectivity index (χ2n) is 5.53. The lowest BCUT2D eigenvalue weighted by Crippen LogP contribution is -2.37. The van der Waals surface area contributed by atoms with Crippen molar-refractivity contribution in [1.29, 1.82) is 0 Å². The molecule has 0 amide bonds. The second kappa shape index (κ2) is 7.88. The fraction of sp³-hybridized carbons (Fsp3) is 0.100. The van der Waals surface area contributed by atoms with Gasteiger partial charge in [0.15, 0.2) is 12.4 Å². The smallest absolute Gasteiger partial charge is 0.227 e. The second-order valence-corrected chi connectivity index (χ2v) is 6.44. The van der Waals surface area contributed by atoms with E-state index < -0.39 is 0 Å². The number of rotatable bonds is 6. The number of nitrogens with one attached hydrogen (secondary N) is 1. The maximum absolute atomic E-state index is 12.3. The molecule has 0 fully saturated rings. The minimum atomic E-state index is 0.0949. The zero-order valence-electron chi connectivity index (χ0n) is 13.2. The summed E-state index contributed by atoms with van der Waals surface area (Å²) in [5.74, 6) is 0.0949. The molecule has 0 bridgehead atoms. The standard InChI is InChI=1S/C20H17BrN2O/c21-18-8-6-17(7-9-18)20(24)15-23-12-10-19(11-13-23)22-14-16-4-2-1-3-5-16/h1-13H,14-15H2/p+1. The minimum Gasteiger partial charge on any atom is -0.381 e. The van der Waals surface area contributed by atoms with Gasteiger partial charge in [-0.25, -0.2) is 0 Å². The number of hydrogen-bond acceptors (Lipinski definition) is 2. The van der Waals surface area contributed by atoms with Crippen LogP contribution in [0.15, 0.2) is 83.6 Å². The Balaban J connectivity index is 1.58. The van der Waals surface area contributed by atoms with Crippen LogP contribution in [0.2, 0.25) is 0 Å². The number of carbonyl (C=O) groups is 1. The molecule has 120 valence electrons. The third kappa shape index (κ3) is 4.52. The van der Waals surface area contributed by atoms with Crippen LogP contribution < -0.4 is 9.88 Å². The highest BCUT2D eigenvalue weighted by Gasteiger charge is 2.11. The number of ketones is 1. The third-order valence-corrected chi connectivity index (χ3v) is 4.25. The van der Waals surface area contributed by atoms with E-state index in [1.807, 2.05) is 71.6 Å². The van der Waals surface area contributed by atoms with Gasteiger partial charge in [0.05, 0.1) is 0 Å². The van der Waals surface area contributed by atoms with Gasteiger partial charge in [-0.05, 0) is 17.7 Å². The van der Waals surface area contributed by atoms with E-state index in [0.717, 1.165) is 22.3 Å². The maximum atomic E-state index is 12.3. The van der Waals surface area contributed by atoms with Crippen molar-refractivity contribution in [2.75, 3.05) is 5.32 Å². The number of pyridine rings is 1. The highest BCUT2D eigenvalue weighted by molar-refractivity contribution is 9.10. The first-order valence-electron chi connectivity index (χ1n) is 7.76. The molecule has 3 rings (SSSR count). The van der Waals surface area contributed by atoms with Gasteiger partial charge >= 0.3 is 0 Å². The molecule has 0 aliphatic carbocycles. The van der Waals surface area contributed by atoms with Gasteiger partial charge in [0.1, 0.15) is 0 Å². The normalized spacial score (nSPS) is 10.4. The van der Waals surface area contributed by atoms with Crippen molar-refractivity contribution < 1.29 is 9.36 Å². The van der Waals surface area contributed by atoms with E-state index in [-0.39, 0.29) is 5.78 Å². The Morgan fingerprint density at radius 1 is 0.917 bits per heavy atom. The molecule has 0 spiro atoms. The van der Waals surface area contributed by atoms with Gasteiger partial charge in [0.25, 0.3) is 0 Å². The highest BCUT2D eigenvalue weighted by Crippen LogP contribution is 2.11. The van der Waals surface area contributed by atoms with Crippen molar-refractivity contribution >= 4 is 27.4 Å². The van der Waals surface area contributed by atoms with Crippen LogP contribution in [0.3, 0.4) is 0 Å². The summed E-state index contributed by atoms with van der Waals surface area (Å²) in [6.45, 7) is 1.11. The van der Waals surface area contributed by atoms with Gasteiger partial charge in [-0.3, -0.25) is 4.79 Å². The maximum Gasteiger partial charge on any atom is 0.227 e. The molecule has 0 saturated carbocycles. The van der Waals surface area contributed by atoms with E-state index in [1.54, 1.807) is 0 Å². The number of Topliss-reactive ketones (excluding diaryl/α,β-unsaturated/α-hetero) is 1. The van der Waals surface area contributed by atoms with Crippen LogP contribution in [0.25, 0.3) is 0 Å². The van der Waals surface area contributed by atoms with Gasteiger partial charge in [-0.2, -0.15) is 4.57 Å². The summed E-state index contributed by atoms with van der Waals surface area (Å²) in [6.07, 6.45) is 3.84. The SMILES string of the molecule is O=C(C[n+]1ccc(NCc2ccccc2)cc1)c1ccc(Br)cc1. The van der Waals surface area contributed by atoms with E-state index in [0.29, 0.717) is 6.54 Å². The van der Waals surface area contributed by atoms with Crippen molar-refractivity contribution in [3.05, 3.63) is 94.7 Å². The fourth-order valence-corrected chi connectivity index (χ4v) is 2.64. The lowest BCUT2D eigenvalue weighted by Gasteiger charge is -2.05. The quantitative estimate of drug-likeness (QED) is 0.511. The Morgan fingerprint density at radius 2 is 1.58 bits per heavy atom. The highest BCUT2D eigenvalue weighted by atomic mass is 79.9. The minimum absolute atomic E-state index is 0.0949. The van der Waals surface area contributed by atoms with Crippen molar-refractivity contribution in [3.63, 3.8) is 0 Å². The molecule has 0 saturated heterocycles. The number of aromatic nitrogens is 1. The van der Waals surface area contributed by atoms with E-state index in [2.05, 4.69) is 33.4 Å². The van der Waals surface area contributed by atoms with Gasteiger partial charge in [-0.15, -0.1) is 0 Å². The largest absolute Gasteiger partial charge is 0.381 e. The first kappa shape index (κ1) is 16.4. The Kier molecular flexibility index (Phi) is 5.39. The molecule has 0 unspecified atom stereocenters. The summed E-state index contributed by atoms with van der Waals surface area (Å²) in [6, 6.07) is 21.7. The topological polar surface area (TPSA) is 33.0 Å². The monoisotopic (exact) mass is 381 g/mol. The van der Waals surface area contributed by atoms with Crippen LogP contribution in [0.1, 0.15) is 15.9 Å². The summed E-state index contributed by atoms with van der Waals surface area (Å²) >= 11 is 3.38. The molecule has 0 aliphatic rings. The molecule has 2 aromatic carbocycles. The summed E-state index contributed by atoms with van der Waals surface area (Å²) < 4.78 is 2.86. The molecule has 4 heteroatoms. The Labute approximate surface area is 150 Å². The van der Waals surface area contributed by atoms with Crippen LogP contribution in [-0.4, -0.2) is 5.78 Å². The predicted molar refractivity (Wildman–Crippen MR) is 98.9 cm³/mol. The molecule has 3 nitrogen and oxygen atoms in total. The van der Waals surface area contributed by atoms with Crippen LogP contribution in [0.4, 0.5) is 5.69 Å². The molecule has 3 aromatic rings. The fourth-order valence-electron chi connectivity index (χ4n) is 2.37. The van der Waals surface area contributed by atoms with Gasteiger partial charge in [0.2, 0.25) is 12.3 Å². The first-order valence-corrected chi connectivity index (χ1v) is 8.56. The van der Waals surface area contributed by atoms with Crippen molar-refractivity contribution in [2.24, 2.45) is 0 Å². The van der Waals surface area contributed by atoms with Crippen molar-refractivity contribution in [2.45, 2.75) is 13.1 Å². The van der Waals surface area contributed by atoms with Crippen molar-refractivity contribution in [1.82, 2.24) is 0 Å². The molecule has 0 aliphatic heterocycles. The van der Waals surface area contributed by atoms with E-state index in [4.69, 9.17) is 0 Å². The number of nitrogens with zero attached hydrogens (tertiary/aromatic N) is 1. The number of carbonyl (C=O) groups excluding carboxylic acids is 1. The number of halogens is 1. The lowest BCUT2D eigenvalue weighted by molar-refractivity contribution is -0.683. The van der Waals surface area contributed by atoms with Gasteiger partial charge in [-0.1, -0.05) is 58.4 Å². The predicted octanol–water partition coefficient (Wildman–Crippen LogP) is 4.23. The third-order valence-electron chi connectivity index (χ3n) is 3.72. The number of hydrogen-bond donors (Lipinski definition) is 1. The van der Waals surface area contributed by atoms with Gasteiger partial charge < -0.3 is 5.32 Å². The molecule has 1 heterocycles. The first-order chi connectivity index (χ1) is 11.7. The Bertz CT molecular complexity index is 799. The molecule has 0 atom stereocenters. The summed E-state index contributed by atoms with van der Waals surface area (Å²) in [5, 5.41) is 3.38. The molecular weight excluding hydrogens is 364 g/mol. The van der Waals surface area contributed by atoms with E-state index in [1.165, 1.54) is 5.56 Å². The van der Waals surface area contributed by atoms with E-state index >= 15 is 0 Å². The van der Waals surface area contributed by atoms with Gasteiger partial charge in [0, 0.05) is 34.4 Å². The van der Waals surface area contributed by atoms with E-state index in [9.17, 15) is 4.79 Å². The molecule has 1 aromatic heterocycles. The number of anilines is 1. The Morgan fingerprint density at radius 3 is 2.25 bits per heavy atom. The van der Waals surface area contributed by atoms with Crippen LogP contribution in [0, 0.1) is 0 Å². The zero-order chi connectivity index (χ0) is 16.8. The summed E-state index contributed by atoms with van der Waals surface area (Å²) in [4.78, 5) is 12.3. The number of benzene rings is 2. The summed E-state index contributed by atoms with van der Waals surface area (Å²) in [7, 11) is 0. The molecule has 1 N–H and O–H groups in total. The average Bonchev–Trinajstić information content (AvgIpc) is 2.62. The van der Waals surface area contributed by atoms with Crippen LogP contribution in [0.5, 0.6) is 0 Å². The van der Waals surface area contributed by atoms with Crippen molar-refractivity contribution in [3.8, 4) is 0 Å². The van der Waals surface area contributed by atoms with Crippen LogP contribution >= 0.6 is 15.9 Å². The zero-order valence-corrected chi connectivity index (χ0v) is 14.7. The Hall–Kier alpha value is -2.46. The summed E-state index contributed by atoms with van der Waals surface area (Å²) in [5.41, 5.74) is 2.99. The average molecular weight is 382 g/mol. The molecule has 24 heavy (non-hydrogen) atoms. The lowest BCUT2D eigenvalue weighted by atomic mass is 10.1. The molecular formula is C20H18BrN2O+.